The Bertz CT molecular complexity index is 209. The quantitative estimate of drug-likeness (QED) is 0.271. The number of nitrogens with two attached hydrogens (primary N) is 1. The molecule has 0 aromatic heterocycles. The van der Waals surface area contributed by atoms with Gasteiger partial charge in [-0.05, 0) is 0 Å². The lowest BCUT2D eigenvalue weighted by atomic mass is 10.5. The van der Waals surface area contributed by atoms with E-state index in [-0.39, 0.29) is 6.61 Å². The molecule has 0 aliphatic heterocycles. The Balaban J connectivity index is 3.75. The van der Waals surface area contributed by atoms with Crippen molar-refractivity contribution in [3.63, 3.8) is 0 Å². The fourth-order valence-corrected chi connectivity index (χ4v) is 0.365. The van der Waals surface area contributed by atoms with Crippen molar-refractivity contribution in [2.24, 2.45) is 5.90 Å². The Morgan fingerprint density at radius 1 is 1.33 bits per heavy atom. The highest BCUT2D eigenvalue weighted by Crippen LogP contribution is 1.83. The van der Waals surface area contributed by atoms with Crippen LogP contribution in [0.5, 0.6) is 0 Å². The second-order valence-corrected chi connectivity index (χ2v) is 1.69. The standard InChI is InChI=1S/C7H9NO4/c1-2-5-11-6(9)3-4-7(10)12-8/h2-4H,1,5,8H2/b4-3-. The first kappa shape index (κ1) is 10.4. The maximum Gasteiger partial charge on any atom is 0.349 e. The number of carbonyl (C=O) groups excluding carboxylic acids is 2. The van der Waals surface area contributed by atoms with Crippen molar-refractivity contribution in [1.82, 2.24) is 0 Å². The van der Waals surface area contributed by atoms with Crippen LogP contribution >= 0.6 is 0 Å². The van der Waals surface area contributed by atoms with Gasteiger partial charge < -0.3 is 9.57 Å². The smallest absolute Gasteiger partial charge is 0.349 e. The van der Waals surface area contributed by atoms with E-state index in [1.54, 1.807) is 0 Å². The first-order valence-corrected chi connectivity index (χ1v) is 3.07. The van der Waals surface area contributed by atoms with Gasteiger partial charge in [-0.2, -0.15) is 5.90 Å². The number of esters is 1. The van der Waals surface area contributed by atoms with E-state index < -0.39 is 11.9 Å². The molecule has 0 aliphatic rings. The van der Waals surface area contributed by atoms with E-state index in [2.05, 4.69) is 22.1 Å². The molecule has 66 valence electrons. The number of hydrogen-bond donors (Lipinski definition) is 1. The van der Waals surface area contributed by atoms with Crippen molar-refractivity contribution in [2.75, 3.05) is 6.61 Å². The lowest BCUT2D eigenvalue weighted by molar-refractivity contribution is -0.140. The maximum atomic E-state index is 10.6. The van der Waals surface area contributed by atoms with Gasteiger partial charge >= 0.3 is 11.9 Å². The highest BCUT2D eigenvalue weighted by atomic mass is 16.7. The molecule has 0 fully saturated rings. The predicted molar refractivity (Wildman–Crippen MR) is 40.6 cm³/mol. The molecule has 2 N–H and O–H groups in total. The van der Waals surface area contributed by atoms with E-state index >= 15 is 0 Å². The summed E-state index contributed by atoms with van der Waals surface area (Å²) in [4.78, 5) is 24.7. The van der Waals surface area contributed by atoms with Crippen LogP contribution in [0, 0.1) is 0 Å². The van der Waals surface area contributed by atoms with Crippen LogP contribution in [0.1, 0.15) is 0 Å². The van der Waals surface area contributed by atoms with Gasteiger partial charge in [0, 0.05) is 12.2 Å². The molecule has 0 radical (unpaired) electrons. The highest BCUT2D eigenvalue weighted by molar-refractivity contribution is 5.91. The molecule has 0 aromatic rings. The molecule has 0 aliphatic carbocycles. The van der Waals surface area contributed by atoms with Gasteiger partial charge in [-0.3, -0.25) is 0 Å². The van der Waals surface area contributed by atoms with Crippen molar-refractivity contribution >= 4 is 11.9 Å². The van der Waals surface area contributed by atoms with Crippen LogP contribution in [-0.4, -0.2) is 18.5 Å². The zero-order valence-corrected chi connectivity index (χ0v) is 6.36. The average Bonchev–Trinajstić information content (AvgIpc) is 2.10. The Hall–Kier alpha value is -1.62. The highest BCUT2D eigenvalue weighted by Gasteiger charge is 1.97. The summed E-state index contributed by atoms with van der Waals surface area (Å²) in [5.74, 6) is 3.02. The Kier molecular flexibility index (Phi) is 5.29. The average molecular weight is 171 g/mol. The van der Waals surface area contributed by atoms with Gasteiger partial charge in [0.25, 0.3) is 0 Å². The summed E-state index contributed by atoms with van der Waals surface area (Å²) in [7, 11) is 0. The molecule has 0 atom stereocenters. The largest absolute Gasteiger partial charge is 0.458 e. The third-order valence-electron chi connectivity index (χ3n) is 0.815. The molecule has 0 saturated carbocycles. The van der Waals surface area contributed by atoms with Crippen LogP contribution in [0.25, 0.3) is 0 Å². The van der Waals surface area contributed by atoms with Gasteiger partial charge in [-0.25, -0.2) is 9.59 Å². The second-order valence-electron chi connectivity index (χ2n) is 1.69. The van der Waals surface area contributed by atoms with Crippen LogP contribution in [-0.2, 0) is 19.2 Å². The van der Waals surface area contributed by atoms with Crippen LogP contribution < -0.4 is 5.90 Å². The van der Waals surface area contributed by atoms with Crippen molar-refractivity contribution in [2.45, 2.75) is 0 Å². The summed E-state index contributed by atoms with van der Waals surface area (Å²) < 4.78 is 4.49. The normalized spacial score (nSPS) is 9.42. The number of ether oxygens (including phenoxy) is 1. The van der Waals surface area contributed by atoms with Crippen LogP contribution in [0.3, 0.4) is 0 Å². The van der Waals surface area contributed by atoms with Gasteiger partial charge in [0.1, 0.15) is 6.61 Å². The molecule has 0 saturated heterocycles. The number of rotatable bonds is 4. The third-order valence-corrected chi connectivity index (χ3v) is 0.815. The van der Waals surface area contributed by atoms with Gasteiger partial charge in [0.2, 0.25) is 0 Å². The fraction of sp³-hybridized carbons (Fsp3) is 0.143. The van der Waals surface area contributed by atoms with E-state index in [4.69, 9.17) is 0 Å². The number of hydrogen-bond acceptors (Lipinski definition) is 5. The lowest BCUT2D eigenvalue weighted by Crippen LogP contribution is -2.07. The molecule has 0 aromatic carbocycles. The molecule has 5 heteroatoms. The van der Waals surface area contributed by atoms with Crippen LogP contribution in [0.4, 0.5) is 0 Å². The first-order chi connectivity index (χ1) is 5.70. The molecular weight excluding hydrogens is 162 g/mol. The monoisotopic (exact) mass is 171 g/mol. The molecule has 12 heavy (non-hydrogen) atoms. The zero-order chi connectivity index (χ0) is 9.40. The van der Waals surface area contributed by atoms with E-state index in [1.807, 2.05) is 0 Å². The summed E-state index contributed by atoms with van der Waals surface area (Å²) >= 11 is 0. The zero-order valence-electron chi connectivity index (χ0n) is 6.36. The molecule has 0 heterocycles. The molecule has 0 rings (SSSR count). The van der Waals surface area contributed by atoms with Gasteiger partial charge in [0.15, 0.2) is 0 Å². The van der Waals surface area contributed by atoms with Gasteiger partial charge in [-0.15, -0.1) is 0 Å². The lowest BCUT2D eigenvalue weighted by Gasteiger charge is -1.94. The van der Waals surface area contributed by atoms with E-state index in [9.17, 15) is 9.59 Å². The predicted octanol–water partition coefficient (Wildman–Crippen LogP) is -0.311. The van der Waals surface area contributed by atoms with Crippen LogP contribution in [0.2, 0.25) is 0 Å². The molecule has 0 bridgehead atoms. The summed E-state index contributed by atoms with van der Waals surface area (Å²) in [6.07, 6.45) is 3.19. The topological polar surface area (TPSA) is 78.6 Å². The summed E-state index contributed by atoms with van der Waals surface area (Å²) in [6.45, 7) is 3.43. The first-order valence-electron chi connectivity index (χ1n) is 3.07. The molecule has 0 amide bonds. The Morgan fingerprint density at radius 3 is 2.42 bits per heavy atom. The molecule has 0 unspecified atom stereocenters. The second kappa shape index (κ2) is 6.11. The number of carbonyl (C=O) groups is 2. The SMILES string of the molecule is C=CCOC(=O)/C=C\C(=O)ON. The van der Waals surface area contributed by atoms with Crippen molar-refractivity contribution < 1.29 is 19.2 Å². The van der Waals surface area contributed by atoms with E-state index in [0.717, 1.165) is 12.2 Å². The van der Waals surface area contributed by atoms with Gasteiger partial charge in [-0.1, -0.05) is 12.7 Å². The molecule has 5 nitrogen and oxygen atoms in total. The Labute approximate surface area is 69.4 Å². The third kappa shape index (κ3) is 5.19. The van der Waals surface area contributed by atoms with E-state index in [1.165, 1.54) is 6.08 Å². The van der Waals surface area contributed by atoms with Crippen molar-refractivity contribution in [3.8, 4) is 0 Å². The van der Waals surface area contributed by atoms with E-state index in [0.29, 0.717) is 0 Å². The molecule has 0 spiro atoms. The van der Waals surface area contributed by atoms with Crippen LogP contribution in [0.15, 0.2) is 24.8 Å². The van der Waals surface area contributed by atoms with Crippen molar-refractivity contribution in [1.29, 1.82) is 0 Å². The Morgan fingerprint density at radius 2 is 1.92 bits per heavy atom. The minimum Gasteiger partial charge on any atom is -0.458 e. The summed E-state index contributed by atoms with van der Waals surface area (Å²) in [5.41, 5.74) is 0. The summed E-state index contributed by atoms with van der Waals surface area (Å²) in [6, 6.07) is 0. The summed E-state index contributed by atoms with van der Waals surface area (Å²) in [5, 5.41) is 0. The minimum absolute atomic E-state index is 0.0981. The van der Waals surface area contributed by atoms with Crippen molar-refractivity contribution in [3.05, 3.63) is 24.8 Å². The van der Waals surface area contributed by atoms with Gasteiger partial charge in [0.05, 0.1) is 0 Å². The fourth-order valence-electron chi connectivity index (χ4n) is 0.365. The molecular formula is C7H9NO4. The maximum absolute atomic E-state index is 10.6. The minimum atomic E-state index is -0.814.